The van der Waals surface area contributed by atoms with Crippen LogP contribution in [0.1, 0.15) is 27.2 Å². The molecule has 0 aliphatic heterocycles. The molecule has 4 aromatic rings. The van der Waals surface area contributed by atoms with Crippen molar-refractivity contribution < 1.29 is 19.0 Å². The maximum absolute atomic E-state index is 13.1. The number of anilines is 1. The molecule has 0 saturated carbocycles. The molecule has 0 unspecified atom stereocenters. The Hall–Kier alpha value is -4.00. The normalized spacial score (nSPS) is 10.8. The van der Waals surface area contributed by atoms with Gasteiger partial charge in [-0.25, -0.2) is 14.2 Å². The zero-order valence-electron chi connectivity index (χ0n) is 15.9. The molecule has 4 rings (SSSR count). The number of hydrogen-bond donors (Lipinski definition) is 2. The van der Waals surface area contributed by atoms with Crippen molar-refractivity contribution in [2.24, 2.45) is 0 Å². The number of benzene rings is 2. The Balaban J connectivity index is 1.73. The van der Waals surface area contributed by atoms with Crippen molar-refractivity contribution in [3.63, 3.8) is 0 Å². The minimum absolute atomic E-state index is 0.0583. The molecule has 0 aliphatic rings. The summed E-state index contributed by atoms with van der Waals surface area (Å²) < 4.78 is 19.0. The third-order valence-corrected chi connectivity index (χ3v) is 4.63. The highest BCUT2D eigenvalue weighted by molar-refractivity contribution is 6.01. The third-order valence-electron chi connectivity index (χ3n) is 4.63. The Bertz CT molecular complexity index is 1210. The molecule has 0 bridgehead atoms. The van der Waals surface area contributed by atoms with Gasteiger partial charge in [0.05, 0.1) is 0 Å². The van der Waals surface area contributed by atoms with Gasteiger partial charge in [0.1, 0.15) is 23.8 Å². The lowest BCUT2D eigenvalue weighted by Crippen LogP contribution is -2.10. The van der Waals surface area contributed by atoms with Crippen LogP contribution in [0.4, 0.5) is 10.2 Å². The highest BCUT2D eigenvalue weighted by Crippen LogP contribution is 2.32. The molecular weight excluding hydrogens is 385 g/mol. The van der Waals surface area contributed by atoms with Crippen LogP contribution in [0.5, 0.6) is 5.75 Å². The van der Waals surface area contributed by atoms with Gasteiger partial charge >= 0.3 is 5.97 Å². The maximum Gasteiger partial charge on any atom is 0.358 e. The van der Waals surface area contributed by atoms with E-state index in [2.05, 4.69) is 9.97 Å². The van der Waals surface area contributed by atoms with Crippen molar-refractivity contribution in [3.8, 4) is 5.75 Å². The Morgan fingerprint density at radius 2 is 1.77 bits per heavy atom. The predicted octanol–water partition coefficient (Wildman–Crippen LogP) is 4.22. The molecule has 3 N–H and O–H groups in total. The predicted molar refractivity (Wildman–Crippen MR) is 111 cm³/mol. The number of carboxylic acids is 1. The molecule has 2 aromatic carbocycles. The molecule has 0 saturated heterocycles. The number of carboxylic acid groups (broad SMARTS) is 1. The summed E-state index contributed by atoms with van der Waals surface area (Å²) in [6.07, 6.45) is 2.15. The topological polar surface area (TPSA) is 98.3 Å². The minimum atomic E-state index is -1.25. The summed E-state index contributed by atoms with van der Waals surface area (Å²) >= 11 is 0. The first kappa shape index (κ1) is 19.3. The molecule has 0 fully saturated rings. The molecule has 0 amide bonds. The van der Waals surface area contributed by atoms with Crippen molar-refractivity contribution in [2.45, 2.75) is 13.0 Å². The number of halogens is 1. The Morgan fingerprint density at radius 1 is 1.03 bits per heavy atom. The first-order valence-corrected chi connectivity index (χ1v) is 9.24. The van der Waals surface area contributed by atoms with Gasteiger partial charge < -0.3 is 15.6 Å². The fraction of sp³-hybridized carbons (Fsp3) is 0.0870. The summed E-state index contributed by atoms with van der Waals surface area (Å²) in [6.45, 7) is 0.167. The lowest BCUT2D eigenvalue weighted by Gasteiger charge is -2.13. The van der Waals surface area contributed by atoms with Gasteiger partial charge in [0.2, 0.25) is 0 Å². The smallest absolute Gasteiger partial charge is 0.358 e. The standard InChI is InChI=1S/C23H18FN3O3/c24-17-8-6-14(7-9-17)10-16-11-18-19(26-12-16)21(20(23(28)29)27-22(18)25)30-13-15-4-2-1-3-5-15/h1-9,11-12H,10,13H2,(H2,25,27)(H,28,29). The number of hydrogen-bond acceptors (Lipinski definition) is 5. The number of rotatable bonds is 6. The van der Waals surface area contributed by atoms with Gasteiger partial charge in [-0.15, -0.1) is 0 Å². The van der Waals surface area contributed by atoms with Gasteiger partial charge in [0.15, 0.2) is 11.4 Å². The van der Waals surface area contributed by atoms with Crippen LogP contribution < -0.4 is 10.5 Å². The lowest BCUT2D eigenvalue weighted by atomic mass is 10.0. The van der Waals surface area contributed by atoms with Gasteiger partial charge in [-0.2, -0.15) is 0 Å². The fourth-order valence-corrected chi connectivity index (χ4v) is 3.17. The van der Waals surface area contributed by atoms with Crippen LogP contribution in [0.15, 0.2) is 66.9 Å². The molecule has 0 spiro atoms. The van der Waals surface area contributed by atoms with E-state index in [1.807, 2.05) is 30.3 Å². The van der Waals surface area contributed by atoms with E-state index in [-0.39, 0.29) is 29.7 Å². The monoisotopic (exact) mass is 403 g/mol. The number of ether oxygens (including phenoxy) is 1. The summed E-state index contributed by atoms with van der Waals surface area (Å²) in [7, 11) is 0. The summed E-state index contributed by atoms with van der Waals surface area (Å²) in [6, 6.07) is 17.4. The number of nitrogens with zero attached hydrogens (tertiary/aromatic N) is 2. The van der Waals surface area contributed by atoms with Crippen LogP contribution in [-0.2, 0) is 13.0 Å². The van der Waals surface area contributed by atoms with Crippen molar-refractivity contribution in [2.75, 3.05) is 5.73 Å². The van der Waals surface area contributed by atoms with Crippen LogP contribution in [0, 0.1) is 5.82 Å². The van der Waals surface area contributed by atoms with Gasteiger partial charge in [-0.05, 0) is 41.3 Å². The van der Waals surface area contributed by atoms with E-state index in [1.165, 1.54) is 12.1 Å². The number of aromatic carboxylic acids is 1. The van der Waals surface area contributed by atoms with Gasteiger partial charge in [0, 0.05) is 11.6 Å². The van der Waals surface area contributed by atoms with Crippen LogP contribution >= 0.6 is 0 Å². The van der Waals surface area contributed by atoms with Crippen molar-refractivity contribution >= 4 is 22.7 Å². The minimum Gasteiger partial charge on any atom is -0.484 e. The molecule has 2 aromatic heterocycles. The second-order valence-corrected chi connectivity index (χ2v) is 6.80. The Morgan fingerprint density at radius 3 is 2.47 bits per heavy atom. The molecule has 0 radical (unpaired) electrons. The third kappa shape index (κ3) is 4.05. The molecule has 30 heavy (non-hydrogen) atoms. The molecule has 0 aliphatic carbocycles. The quantitative estimate of drug-likeness (QED) is 0.500. The van der Waals surface area contributed by atoms with E-state index >= 15 is 0 Å². The number of aromatic nitrogens is 2. The first-order valence-electron chi connectivity index (χ1n) is 9.24. The van der Waals surface area contributed by atoms with E-state index in [4.69, 9.17) is 10.5 Å². The zero-order valence-corrected chi connectivity index (χ0v) is 15.9. The van der Waals surface area contributed by atoms with Crippen LogP contribution in [0.2, 0.25) is 0 Å². The first-order chi connectivity index (χ1) is 14.5. The number of nitrogens with two attached hydrogens (primary N) is 1. The molecule has 2 heterocycles. The molecule has 0 atom stereocenters. The van der Waals surface area contributed by atoms with Gasteiger partial charge in [0.25, 0.3) is 0 Å². The fourth-order valence-electron chi connectivity index (χ4n) is 3.17. The summed E-state index contributed by atoms with van der Waals surface area (Å²) in [5.74, 6) is -1.42. The average Bonchev–Trinajstić information content (AvgIpc) is 2.75. The highest BCUT2D eigenvalue weighted by atomic mass is 19.1. The molecular formula is C23H18FN3O3. The van der Waals surface area contributed by atoms with E-state index in [0.717, 1.165) is 16.7 Å². The second-order valence-electron chi connectivity index (χ2n) is 6.80. The van der Waals surface area contributed by atoms with Crippen LogP contribution in [-0.4, -0.2) is 21.0 Å². The zero-order chi connectivity index (χ0) is 21.1. The van der Waals surface area contributed by atoms with Crippen molar-refractivity contribution in [1.82, 2.24) is 9.97 Å². The Labute approximate surface area is 171 Å². The summed E-state index contributed by atoms with van der Waals surface area (Å²) in [5, 5.41) is 10.1. The number of pyridine rings is 2. The van der Waals surface area contributed by atoms with Crippen molar-refractivity contribution in [1.29, 1.82) is 0 Å². The number of carbonyl (C=O) groups is 1. The Kier molecular flexibility index (Phi) is 5.26. The number of nitrogen functional groups attached to an aromatic ring is 1. The van der Waals surface area contributed by atoms with Crippen LogP contribution in [0.25, 0.3) is 10.9 Å². The SMILES string of the molecule is Nc1nc(C(=O)O)c(OCc2ccccc2)c2ncc(Cc3ccc(F)cc3)cc12. The summed E-state index contributed by atoms with van der Waals surface area (Å²) in [4.78, 5) is 20.2. The maximum atomic E-state index is 13.1. The van der Waals surface area contributed by atoms with E-state index in [1.54, 1.807) is 24.4 Å². The molecule has 6 nitrogen and oxygen atoms in total. The molecule has 150 valence electrons. The molecule has 7 heteroatoms. The second kappa shape index (κ2) is 8.16. The lowest BCUT2D eigenvalue weighted by molar-refractivity contribution is 0.0685. The van der Waals surface area contributed by atoms with E-state index in [0.29, 0.717) is 17.3 Å². The van der Waals surface area contributed by atoms with Crippen molar-refractivity contribution in [3.05, 3.63) is 95.1 Å². The van der Waals surface area contributed by atoms with Crippen LogP contribution in [0.3, 0.4) is 0 Å². The number of fused-ring (bicyclic) bond motifs is 1. The van der Waals surface area contributed by atoms with E-state index in [9.17, 15) is 14.3 Å². The van der Waals surface area contributed by atoms with E-state index < -0.39 is 5.97 Å². The summed E-state index contributed by atoms with van der Waals surface area (Å²) in [5.41, 5.74) is 8.71. The highest BCUT2D eigenvalue weighted by Gasteiger charge is 2.21. The largest absolute Gasteiger partial charge is 0.484 e. The average molecular weight is 403 g/mol. The van der Waals surface area contributed by atoms with Gasteiger partial charge in [-0.1, -0.05) is 42.5 Å². The van der Waals surface area contributed by atoms with Gasteiger partial charge in [-0.3, -0.25) is 4.98 Å².